The second-order valence-corrected chi connectivity index (χ2v) is 10.7. The van der Waals surface area contributed by atoms with Crippen LogP contribution in [0.5, 0.6) is 5.75 Å². The summed E-state index contributed by atoms with van der Waals surface area (Å²) in [5, 5.41) is 20.1. The number of Topliss-reactive ketones (excluding diaryl/α,β-unsaturated/α-hetero) is 1. The molecule has 1 saturated heterocycles. The topological polar surface area (TPSA) is 121 Å². The van der Waals surface area contributed by atoms with Gasteiger partial charge in [0.1, 0.15) is 23.3 Å². The van der Waals surface area contributed by atoms with E-state index >= 15 is 0 Å². The van der Waals surface area contributed by atoms with Crippen molar-refractivity contribution in [1.82, 2.24) is 4.90 Å². The molecule has 1 saturated carbocycles. The van der Waals surface area contributed by atoms with Gasteiger partial charge in [0.25, 0.3) is 0 Å². The second kappa shape index (κ2) is 11.0. The number of aryl methyl sites for hydroxylation is 2. The molecule has 0 spiro atoms. The Kier molecular flexibility index (Phi) is 7.49. The lowest BCUT2D eigenvalue weighted by Gasteiger charge is -2.32. The summed E-state index contributed by atoms with van der Waals surface area (Å²) in [7, 11) is 1.55. The lowest BCUT2D eigenvalue weighted by Crippen LogP contribution is -2.46. The van der Waals surface area contributed by atoms with Gasteiger partial charge in [-0.15, -0.1) is 0 Å². The molecule has 1 aliphatic heterocycles. The molecule has 0 radical (unpaired) electrons. The number of furan rings is 1. The maximum Gasteiger partial charge on any atom is 0.327 e. The summed E-state index contributed by atoms with van der Waals surface area (Å²) in [6.07, 6.45) is 3.18. The van der Waals surface area contributed by atoms with Crippen molar-refractivity contribution >= 4 is 17.7 Å². The molecule has 2 aliphatic rings. The van der Waals surface area contributed by atoms with Crippen LogP contribution in [-0.4, -0.2) is 40.8 Å². The van der Waals surface area contributed by atoms with E-state index in [1.807, 2.05) is 0 Å². The average Bonchev–Trinajstić information content (AvgIpc) is 3.70. The summed E-state index contributed by atoms with van der Waals surface area (Å²) < 4.78 is 11.0. The standard InChI is InChI=1S/C32H32N2O6/c1-18-16-25(19(2)40-18)30(35)27-26(21-12-14-24(39-3)15-13-21)29(32(37)38)34(31(36)23-6-4-5-7-23)28(27)22-10-8-20(17-33)9-11-22/h8-16,23,26-29H,4-7H2,1-3H3,(H,37,38). The number of amides is 1. The van der Waals surface area contributed by atoms with E-state index in [4.69, 9.17) is 9.15 Å². The molecular formula is C32H32N2O6. The van der Waals surface area contributed by atoms with E-state index < -0.39 is 29.9 Å². The molecule has 0 bridgehead atoms. The molecule has 40 heavy (non-hydrogen) atoms. The molecule has 5 rings (SSSR count). The first-order valence-electron chi connectivity index (χ1n) is 13.6. The minimum atomic E-state index is -1.27. The number of hydrogen-bond acceptors (Lipinski definition) is 6. The Hall–Kier alpha value is -4.38. The maximum absolute atomic E-state index is 14.5. The number of methoxy groups -OCH3 is 1. The van der Waals surface area contributed by atoms with Gasteiger partial charge in [0.2, 0.25) is 5.91 Å². The first-order chi connectivity index (χ1) is 19.2. The molecule has 3 aromatic rings. The quantitative estimate of drug-likeness (QED) is 0.388. The first kappa shape index (κ1) is 27.2. The normalized spacial score (nSPS) is 22.7. The Bertz CT molecular complexity index is 1460. The molecule has 4 unspecified atom stereocenters. The van der Waals surface area contributed by atoms with E-state index in [1.54, 1.807) is 75.6 Å². The highest BCUT2D eigenvalue weighted by Crippen LogP contribution is 2.52. The number of carbonyl (C=O) groups excluding carboxylic acids is 2. The van der Waals surface area contributed by atoms with Crippen LogP contribution in [0.1, 0.15) is 76.2 Å². The van der Waals surface area contributed by atoms with Crippen molar-refractivity contribution in [2.75, 3.05) is 7.11 Å². The summed E-state index contributed by atoms with van der Waals surface area (Å²) in [5.74, 6) is -2.12. The summed E-state index contributed by atoms with van der Waals surface area (Å²) >= 11 is 0. The van der Waals surface area contributed by atoms with Crippen molar-refractivity contribution < 1.29 is 28.6 Å². The van der Waals surface area contributed by atoms with Gasteiger partial charge in [-0.05, 0) is 68.1 Å². The third-order valence-electron chi connectivity index (χ3n) is 8.37. The number of benzene rings is 2. The lowest BCUT2D eigenvalue weighted by atomic mass is 9.76. The van der Waals surface area contributed by atoms with Gasteiger partial charge in [-0.25, -0.2) is 4.79 Å². The molecule has 1 aromatic heterocycles. The molecular weight excluding hydrogens is 508 g/mol. The first-order valence-corrected chi connectivity index (χ1v) is 13.6. The molecule has 206 valence electrons. The lowest BCUT2D eigenvalue weighted by molar-refractivity contribution is -0.152. The highest BCUT2D eigenvalue weighted by molar-refractivity contribution is 6.02. The van der Waals surface area contributed by atoms with Crippen LogP contribution in [0.2, 0.25) is 0 Å². The molecule has 1 amide bonds. The molecule has 2 heterocycles. The highest BCUT2D eigenvalue weighted by atomic mass is 16.5. The van der Waals surface area contributed by atoms with Crippen LogP contribution >= 0.6 is 0 Å². The Morgan fingerprint density at radius 1 is 1.00 bits per heavy atom. The fourth-order valence-electron chi connectivity index (χ4n) is 6.54. The molecule has 8 nitrogen and oxygen atoms in total. The van der Waals surface area contributed by atoms with Crippen molar-refractivity contribution in [3.63, 3.8) is 0 Å². The van der Waals surface area contributed by atoms with Crippen molar-refractivity contribution in [3.05, 3.63) is 88.4 Å². The van der Waals surface area contributed by atoms with Crippen molar-refractivity contribution in [2.45, 2.75) is 57.5 Å². The van der Waals surface area contributed by atoms with E-state index in [-0.39, 0.29) is 17.6 Å². The summed E-state index contributed by atoms with van der Waals surface area (Å²) in [4.78, 5) is 43.2. The van der Waals surface area contributed by atoms with Crippen LogP contribution in [0.25, 0.3) is 0 Å². The second-order valence-electron chi connectivity index (χ2n) is 10.7. The minimum Gasteiger partial charge on any atom is -0.497 e. The Morgan fingerprint density at radius 3 is 2.15 bits per heavy atom. The Labute approximate surface area is 233 Å². The van der Waals surface area contributed by atoms with Gasteiger partial charge < -0.3 is 19.2 Å². The van der Waals surface area contributed by atoms with Crippen LogP contribution in [0.4, 0.5) is 0 Å². The third kappa shape index (κ3) is 4.77. The van der Waals surface area contributed by atoms with Crippen LogP contribution in [0.15, 0.2) is 59.0 Å². The van der Waals surface area contributed by atoms with Crippen molar-refractivity contribution in [2.24, 2.45) is 11.8 Å². The summed E-state index contributed by atoms with van der Waals surface area (Å²) in [6.45, 7) is 3.47. The van der Waals surface area contributed by atoms with E-state index in [9.17, 15) is 24.8 Å². The van der Waals surface area contributed by atoms with Crippen molar-refractivity contribution in [3.8, 4) is 11.8 Å². The van der Waals surface area contributed by atoms with E-state index in [1.165, 1.54) is 4.90 Å². The van der Waals surface area contributed by atoms with Crippen molar-refractivity contribution in [1.29, 1.82) is 5.26 Å². The predicted octanol–water partition coefficient (Wildman–Crippen LogP) is 5.59. The molecule has 2 aromatic carbocycles. The maximum atomic E-state index is 14.5. The SMILES string of the molecule is COc1ccc(C2C(C(=O)c3cc(C)oc3C)C(c3ccc(C#N)cc3)N(C(=O)C3CCCC3)C2C(=O)O)cc1. The number of ketones is 1. The Morgan fingerprint density at radius 2 is 1.62 bits per heavy atom. The fraction of sp³-hybridized carbons (Fsp3) is 0.375. The predicted molar refractivity (Wildman–Crippen MR) is 146 cm³/mol. The van der Waals surface area contributed by atoms with E-state index in [0.29, 0.717) is 52.4 Å². The monoisotopic (exact) mass is 540 g/mol. The molecule has 4 atom stereocenters. The summed E-state index contributed by atoms with van der Waals surface area (Å²) in [5.41, 5.74) is 2.05. The number of aliphatic carboxylic acids is 1. The number of carboxylic acid groups (broad SMARTS) is 1. The zero-order valence-corrected chi connectivity index (χ0v) is 22.8. The Balaban J connectivity index is 1.75. The molecule has 1 aliphatic carbocycles. The van der Waals surface area contributed by atoms with E-state index in [2.05, 4.69) is 6.07 Å². The minimum absolute atomic E-state index is 0.242. The number of likely N-dealkylation sites (tertiary alicyclic amines) is 1. The number of hydrogen-bond donors (Lipinski definition) is 1. The van der Waals surface area contributed by atoms with Gasteiger partial charge >= 0.3 is 5.97 Å². The number of carboxylic acids is 1. The van der Waals surface area contributed by atoms with Crippen LogP contribution < -0.4 is 4.74 Å². The number of carbonyl (C=O) groups is 3. The third-order valence-corrected chi connectivity index (χ3v) is 8.37. The number of nitrogens with zero attached hydrogens (tertiary/aromatic N) is 2. The zero-order valence-electron chi connectivity index (χ0n) is 22.8. The van der Waals surface area contributed by atoms with Gasteiger partial charge in [-0.3, -0.25) is 9.59 Å². The van der Waals surface area contributed by atoms with Gasteiger partial charge in [0.05, 0.1) is 36.3 Å². The largest absolute Gasteiger partial charge is 0.497 e. The average molecular weight is 541 g/mol. The summed E-state index contributed by atoms with van der Waals surface area (Å²) in [6, 6.07) is 15.4. The van der Waals surface area contributed by atoms with Gasteiger partial charge in [0.15, 0.2) is 5.78 Å². The molecule has 2 fully saturated rings. The van der Waals surface area contributed by atoms with Gasteiger partial charge in [-0.1, -0.05) is 37.1 Å². The van der Waals surface area contributed by atoms with Crippen LogP contribution in [0.3, 0.4) is 0 Å². The smallest absolute Gasteiger partial charge is 0.327 e. The van der Waals surface area contributed by atoms with E-state index in [0.717, 1.165) is 12.8 Å². The zero-order chi connectivity index (χ0) is 28.6. The number of rotatable bonds is 7. The highest BCUT2D eigenvalue weighted by Gasteiger charge is 2.58. The molecule has 8 heteroatoms. The van der Waals surface area contributed by atoms with Crippen LogP contribution in [-0.2, 0) is 9.59 Å². The molecule has 1 N–H and O–H groups in total. The van der Waals surface area contributed by atoms with Gasteiger partial charge in [0, 0.05) is 11.8 Å². The number of nitriles is 1. The fourth-order valence-corrected chi connectivity index (χ4v) is 6.54. The van der Waals surface area contributed by atoms with Crippen LogP contribution in [0, 0.1) is 37.0 Å². The number of ether oxygens (including phenoxy) is 1. The van der Waals surface area contributed by atoms with Gasteiger partial charge in [-0.2, -0.15) is 5.26 Å².